The van der Waals surface area contributed by atoms with Gasteiger partial charge in [-0.25, -0.2) is 0 Å². The maximum absolute atomic E-state index is 12.5. The van der Waals surface area contributed by atoms with E-state index < -0.39 is 0 Å². The normalized spacial score (nSPS) is 26.8. The van der Waals surface area contributed by atoms with Crippen LogP contribution >= 0.6 is 0 Å². The number of ether oxygens (including phenoxy) is 1. The van der Waals surface area contributed by atoms with Gasteiger partial charge in [-0.2, -0.15) is 0 Å². The van der Waals surface area contributed by atoms with Crippen molar-refractivity contribution in [3.63, 3.8) is 0 Å². The summed E-state index contributed by atoms with van der Waals surface area (Å²) in [5, 5.41) is 6.23. The van der Waals surface area contributed by atoms with Crippen molar-refractivity contribution in [1.82, 2.24) is 10.2 Å². The predicted octanol–water partition coefficient (Wildman–Crippen LogP) is 0.860. The highest BCUT2D eigenvalue weighted by Crippen LogP contribution is 2.24. The summed E-state index contributed by atoms with van der Waals surface area (Å²) in [5.41, 5.74) is 2.19. The van der Waals surface area contributed by atoms with Gasteiger partial charge in [-0.05, 0) is 31.5 Å². The number of likely N-dealkylation sites (N-methyl/N-ethyl adjacent to an activating group) is 1. The maximum atomic E-state index is 12.5. The summed E-state index contributed by atoms with van der Waals surface area (Å²) in [7, 11) is 1.93. The summed E-state index contributed by atoms with van der Waals surface area (Å²) in [4.78, 5) is 14.8. The first kappa shape index (κ1) is 14.5. The fraction of sp³-hybridized carbons (Fsp3) is 0.562. The molecule has 1 amide bonds. The lowest BCUT2D eigenvalue weighted by atomic mass is 10.0. The first-order chi connectivity index (χ1) is 10.3. The minimum Gasteiger partial charge on any atom is -0.374 e. The molecule has 2 heterocycles. The van der Waals surface area contributed by atoms with Crippen LogP contribution in [-0.4, -0.2) is 56.2 Å². The standard InChI is InChI=1S/C16H23N3O2/c1-17-10-13-11-19(8-9-21-13)15-7-6-12-4-2-3-5-14(12)18-16(15)20/h2-5,13,15,17H,6-11H2,1H3,(H,18,20). The molecule has 3 rings (SSSR count). The summed E-state index contributed by atoms with van der Waals surface area (Å²) < 4.78 is 5.73. The predicted molar refractivity (Wildman–Crippen MR) is 82.4 cm³/mol. The zero-order valence-electron chi connectivity index (χ0n) is 12.5. The van der Waals surface area contributed by atoms with Gasteiger partial charge < -0.3 is 15.4 Å². The minimum atomic E-state index is -0.0549. The summed E-state index contributed by atoms with van der Waals surface area (Å²) in [6.45, 7) is 3.16. The number of morpholine rings is 1. The summed E-state index contributed by atoms with van der Waals surface area (Å²) >= 11 is 0. The molecule has 2 atom stereocenters. The van der Waals surface area contributed by atoms with Crippen LogP contribution in [0.5, 0.6) is 0 Å². The Kier molecular flexibility index (Phi) is 4.53. The Morgan fingerprint density at radius 1 is 1.43 bits per heavy atom. The van der Waals surface area contributed by atoms with Crippen LogP contribution in [-0.2, 0) is 16.0 Å². The lowest BCUT2D eigenvalue weighted by molar-refractivity contribution is -0.124. The van der Waals surface area contributed by atoms with Crippen LogP contribution < -0.4 is 10.6 Å². The van der Waals surface area contributed by atoms with Crippen LogP contribution in [0.25, 0.3) is 0 Å². The first-order valence-corrected chi connectivity index (χ1v) is 7.67. The Hall–Kier alpha value is -1.43. The first-order valence-electron chi connectivity index (χ1n) is 7.67. The number of anilines is 1. The van der Waals surface area contributed by atoms with Crippen LogP contribution in [0.15, 0.2) is 24.3 Å². The largest absolute Gasteiger partial charge is 0.374 e. The number of carbonyl (C=O) groups is 1. The van der Waals surface area contributed by atoms with Crippen LogP contribution in [0.2, 0.25) is 0 Å². The topological polar surface area (TPSA) is 53.6 Å². The van der Waals surface area contributed by atoms with E-state index in [1.807, 2.05) is 25.2 Å². The smallest absolute Gasteiger partial charge is 0.241 e. The molecule has 2 unspecified atom stereocenters. The van der Waals surface area contributed by atoms with Gasteiger partial charge in [-0.1, -0.05) is 18.2 Å². The summed E-state index contributed by atoms with van der Waals surface area (Å²) in [6, 6.07) is 8.03. The van der Waals surface area contributed by atoms with Gasteiger partial charge in [-0.3, -0.25) is 9.69 Å². The van der Waals surface area contributed by atoms with Gasteiger partial charge in [0.25, 0.3) is 0 Å². The molecule has 2 aliphatic heterocycles. The molecule has 0 aliphatic carbocycles. The van der Waals surface area contributed by atoms with E-state index in [0.717, 1.165) is 38.2 Å². The second-order valence-electron chi connectivity index (χ2n) is 5.75. The number of nitrogens with one attached hydrogen (secondary N) is 2. The highest BCUT2D eigenvalue weighted by Gasteiger charge is 2.32. The monoisotopic (exact) mass is 289 g/mol. The van der Waals surface area contributed by atoms with E-state index in [4.69, 9.17) is 4.74 Å². The minimum absolute atomic E-state index is 0.0549. The van der Waals surface area contributed by atoms with Crippen LogP contribution in [0, 0.1) is 0 Å². The molecule has 0 radical (unpaired) electrons. The zero-order chi connectivity index (χ0) is 14.7. The van der Waals surface area contributed by atoms with Gasteiger partial charge >= 0.3 is 0 Å². The molecule has 0 saturated carbocycles. The molecule has 0 bridgehead atoms. The Labute approximate surface area is 125 Å². The highest BCUT2D eigenvalue weighted by molar-refractivity contribution is 5.96. The van der Waals surface area contributed by atoms with E-state index in [1.54, 1.807) is 0 Å². The molecule has 5 heteroatoms. The van der Waals surface area contributed by atoms with Crippen molar-refractivity contribution in [2.75, 3.05) is 38.6 Å². The van der Waals surface area contributed by atoms with E-state index in [0.29, 0.717) is 6.61 Å². The van der Waals surface area contributed by atoms with Gasteiger partial charge in [0.15, 0.2) is 0 Å². The number of benzene rings is 1. The number of rotatable bonds is 3. The lowest BCUT2D eigenvalue weighted by Gasteiger charge is -2.37. The number of hydrogen-bond acceptors (Lipinski definition) is 4. The third-order valence-corrected chi connectivity index (χ3v) is 4.31. The molecule has 21 heavy (non-hydrogen) atoms. The molecule has 1 aromatic rings. The molecule has 5 nitrogen and oxygen atoms in total. The average molecular weight is 289 g/mol. The van der Waals surface area contributed by atoms with Crippen LogP contribution in [0.4, 0.5) is 5.69 Å². The van der Waals surface area contributed by atoms with Crippen LogP contribution in [0.3, 0.4) is 0 Å². The molecule has 0 spiro atoms. The number of carbonyl (C=O) groups excluding carboxylic acids is 1. The van der Waals surface area contributed by atoms with E-state index in [-0.39, 0.29) is 18.1 Å². The number of para-hydroxylation sites is 1. The second-order valence-corrected chi connectivity index (χ2v) is 5.75. The summed E-state index contributed by atoms with van der Waals surface area (Å²) in [5.74, 6) is 0.116. The molecular weight excluding hydrogens is 266 g/mol. The molecule has 2 aliphatic rings. The van der Waals surface area contributed by atoms with Gasteiger partial charge in [0.05, 0.1) is 18.8 Å². The van der Waals surface area contributed by atoms with Gasteiger partial charge in [0.1, 0.15) is 0 Å². The molecular formula is C16H23N3O2. The van der Waals surface area contributed by atoms with Crippen molar-refractivity contribution in [2.45, 2.75) is 25.0 Å². The van der Waals surface area contributed by atoms with Gasteiger partial charge in [0, 0.05) is 25.3 Å². The molecule has 1 aromatic carbocycles. The Bertz CT molecular complexity index is 504. The average Bonchev–Trinajstić information content (AvgIpc) is 2.66. The molecule has 2 N–H and O–H groups in total. The fourth-order valence-electron chi connectivity index (χ4n) is 3.22. The SMILES string of the molecule is CNCC1CN(C2CCc3ccccc3NC2=O)CCO1. The van der Waals surface area contributed by atoms with Crippen LogP contribution in [0.1, 0.15) is 12.0 Å². The van der Waals surface area contributed by atoms with Crippen molar-refractivity contribution in [1.29, 1.82) is 0 Å². The number of amides is 1. The third-order valence-electron chi connectivity index (χ3n) is 4.31. The third kappa shape index (κ3) is 3.26. The van der Waals surface area contributed by atoms with Crippen molar-refractivity contribution < 1.29 is 9.53 Å². The number of fused-ring (bicyclic) bond motifs is 1. The lowest BCUT2D eigenvalue weighted by Crippen LogP contribution is -2.53. The van der Waals surface area contributed by atoms with Crippen molar-refractivity contribution in [3.05, 3.63) is 29.8 Å². The summed E-state index contributed by atoms with van der Waals surface area (Å²) in [6.07, 6.45) is 1.98. The Morgan fingerprint density at radius 2 is 2.29 bits per heavy atom. The molecule has 1 fully saturated rings. The van der Waals surface area contributed by atoms with Crippen molar-refractivity contribution in [3.8, 4) is 0 Å². The molecule has 114 valence electrons. The molecule has 0 aromatic heterocycles. The van der Waals surface area contributed by atoms with Gasteiger partial charge in [-0.15, -0.1) is 0 Å². The Morgan fingerprint density at radius 3 is 3.14 bits per heavy atom. The maximum Gasteiger partial charge on any atom is 0.241 e. The van der Waals surface area contributed by atoms with E-state index in [2.05, 4.69) is 21.6 Å². The zero-order valence-corrected chi connectivity index (χ0v) is 12.5. The van der Waals surface area contributed by atoms with E-state index >= 15 is 0 Å². The van der Waals surface area contributed by atoms with E-state index in [9.17, 15) is 4.79 Å². The highest BCUT2D eigenvalue weighted by atomic mass is 16.5. The second kappa shape index (κ2) is 6.56. The number of hydrogen-bond donors (Lipinski definition) is 2. The van der Waals surface area contributed by atoms with E-state index in [1.165, 1.54) is 5.56 Å². The van der Waals surface area contributed by atoms with Crippen molar-refractivity contribution >= 4 is 11.6 Å². The fourth-order valence-corrected chi connectivity index (χ4v) is 3.22. The quantitative estimate of drug-likeness (QED) is 0.866. The number of aryl methyl sites for hydroxylation is 1. The number of nitrogens with zero attached hydrogens (tertiary/aromatic N) is 1. The Balaban J connectivity index is 1.70. The van der Waals surface area contributed by atoms with Gasteiger partial charge in [0.2, 0.25) is 5.91 Å². The van der Waals surface area contributed by atoms with Crippen molar-refractivity contribution in [2.24, 2.45) is 0 Å². The molecule has 1 saturated heterocycles.